The molecular weight excluding hydrogens is 298 g/mol. The van der Waals surface area contributed by atoms with Crippen LogP contribution in [0.3, 0.4) is 0 Å². The summed E-state index contributed by atoms with van der Waals surface area (Å²) in [6, 6.07) is 0.913. The zero-order valence-electron chi connectivity index (χ0n) is 11.9. The van der Waals surface area contributed by atoms with Gasteiger partial charge in [-0.1, -0.05) is 0 Å². The van der Waals surface area contributed by atoms with Gasteiger partial charge in [0.1, 0.15) is 11.0 Å². The fourth-order valence-electron chi connectivity index (χ4n) is 1.64. The van der Waals surface area contributed by atoms with Gasteiger partial charge in [-0.05, 0) is 13.0 Å². The smallest absolute Gasteiger partial charge is 0.433 e. The molecule has 0 aromatic carbocycles. The number of carbonyl (C=O) groups excluding carboxylic acids is 2. The molecule has 0 aliphatic carbocycles. The molecule has 1 atom stereocenters. The quantitative estimate of drug-likeness (QED) is 0.542. The van der Waals surface area contributed by atoms with E-state index < -0.39 is 28.7 Å². The molecule has 0 bridgehead atoms. The van der Waals surface area contributed by atoms with Crippen LogP contribution in [0.4, 0.5) is 5.88 Å². The van der Waals surface area contributed by atoms with Crippen LogP contribution < -0.4 is 5.32 Å². The molecule has 1 rings (SSSR count). The average Bonchev–Trinajstić information content (AvgIpc) is 2.91. The highest BCUT2D eigenvalue weighted by molar-refractivity contribution is 5.94. The number of carbonyl (C=O) groups is 3. The number of amides is 2. The fraction of sp³-hybridized carbons (Fsp3) is 0.417. The maximum absolute atomic E-state index is 12.2. The van der Waals surface area contributed by atoms with E-state index in [0.717, 1.165) is 17.0 Å². The van der Waals surface area contributed by atoms with Crippen molar-refractivity contribution in [2.45, 2.75) is 19.9 Å². The number of nitro groups is 1. The summed E-state index contributed by atoms with van der Waals surface area (Å²) in [5.74, 6) is -3.36. The molecule has 1 aromatic heterocycles. The molecule has 0 saturated carbocycles. The third-order valence-electron chi connectivity index (χ3n) is 2.79. The van der Waals surface area contributed by atoms with Crippen LogP contribution >= 0.6 is 0 Å². The zero-order valence-corrected chi connectivity index (χ0v) is 11.9. The highest BCUT2D eigenvalue weighted by atomic mass is 16.6. The van der Waals surface area contributed by atoms with Gasteiger partial charge < -0.3 is 19.7 Å². The number of nitrogens with one attached hydrogen (secondary N) is 1. The number of furan rings is 1. The van der Waals surface area contributed by atoms with Crippen molar-refractivity contribution in [3.63, 3.8) is 0 Å². The molecule has 10 nitrogen and oxygen atoms in total. The van der Waals surface area contributed by atoms with Gasteiger partial charge in [-0.15, -0.1) is 0 Å². The molecular formula is C12H15N3O7. The summed E-state index contributed by atoms with van der Waals surface area (Å²) in [6.07, 6.45) is 0. The van der Waals surface area contributed by atoms with E-state index in [-0.39, 0.29) is 24.8 Å². The summed E-state index contributed by atoms with van der Waals surface area (Å²) in [6.45, 7) is 2.52. The number of hydrogen-bond donors (Lipinski definition) is 2. The molecule has 0 aliphatic rings. The molecule has 0 fully saturated rings. The highest BCUT2D eigenvalue weighted by Gasteiger charge is 2.29. The Morgan fingerprint density at radius 3 is 2.55 bits per heavy atom. The van der Waals surface area contributed by atoms with Crippen LogP contribution in [0.1, 0.15) is 24.4 Å². The number of carboxylic acid groups (broad SMARTS) is 1. The molecule has 0 radical (unpaired) electrons. The van der Waals surface area contributed by atoms with Gasteiger partial charge in [-0.25, -0.2) is 4.79 Å². The lowest BCUT2D eigenvalue weighted by atomic mass is 10.2. The Labute approximate surface area is 124 Å². The minimum Gasteiger partial charge on any atom is -0.480 e. The fourth-order valence-corrected chi connectivity index (χ4v) is 1.64. The summed E-state index contributed by atoms with van der Waals surface area (Å²) >= 11 is 0. The lowest BCUT2D eigenvalue weighted by molar-refractivity contribution is -0.402. The Bertz CT molecular complexity index is 595. The molecule has 0 spiro atoms. The molecule has 2 N–H and O–H groups in total. The van der Waals surface area contributed by atoms with Crippen molar-refractivity contribution < 1.29 is 28.8 Å². The van der Waals surface area contributed by atoms with Crippen molar-refractivity contribution in [2.24, 2.45) is 0 Å². The third-order valence-corrected chi connectivity index (χ3v) is 2.79. The van der Waals surface area contributed by atoms with Gasteiger partial charge in [0.15, 0.2) is 5.76 Å². The van der Waals surface area contributed by atoms with E-state index in [1.807, 2.05) is 0 Å². The van der Waals surface area contributed by atoms with Crippen LogP contribution in [-0.2, 0) is 9.59 Å². The van der Waals surface area contributed by atoms with Gasteiger partial charge in [-0.3, -0.25) is 19.7 Å². The maximum atomic E-state index is 12.2. The van der Waals surface area contributed by atoms with Gasteiger partial charge in [0, 0.05) is 20.0 Å². The Morgan fingerprint density at radius 1 is 1.45 bits per heavy atom. The van der Waals surface area contributed by atoms with Crippen molar-refractivity contribution in [1.82, 2.24) is 10.2 Å². The second kappa shape index (κ2) is 7.20. The van der Waals surface area contributed by atoms with E-state index in [0.29, 0.717) is 0 Å². The second-order valence-corrected chi connectivity index (χ2v) is 4.39. The second-order valence-electron chi connectivity index (χ2n) is 4.39. The van der Waals surface area contributed by atoms with Crippen molar-refractivity contribution in [1.29, 1.82) is 0 Å². The van der Waals surface area contributed by atoms with Crippen LogP contribution in [0.25, 0.3) is 0 Å². The van der Waals surface area contributed by atoms with Crippen LogP contribution in [-0.4, -0.2) is 51.8 Å². The van der Waals surface area contributed by atoms with Gasteiger partial charge in [0.25, 0.3) is 5.91 Å². The summed E-state index contributed by atoms with van der Waals surface area (Å²) in [5.41, 5.74) is 0. The Morgan fingerprint density at radius 2 is 2.09 bits per heavy atom. The van der Waals surface area contributed by atoms with Gasteiger partial charge in [0.05, 0.1) is 6.07 Å². The molecule has 22 heavy (non-hydrogen) atoms. The molecule has 1 unspecified atom stereocenters. The van der Waals surface area contributed by atoms with E-state index >= 15 is 0 Å². The molecule has 0 aliphatic heterocycles. The molecule has 0 saturated heterocycles. The normalized spacial score (nSPS) is 11.5. The van der Waals surface area contributed by atoms with E-state index in [4.69, 9.17) is 9.52 Å². The number of hydrogen-bond acceptors (Lipinski definition) is 6. The minimum absolute atomic E-state index is 0.0431. The molecule has 2 amide bonds. The maximum Gasteiger partial charge on any atom is 0.433 e. The summed E-state index contributed by atoms with van der Waals surface area (Å²) in [4.78, 5) is 44.8. The predicted molar refractivity (Wildman–Crippen MR) is 72.2 cm³/mol. The monoisotopic (exact) mass is 313 g/mol. The number of rotatable bonds is 7. The third kappa shape index (κ3) is 4.30. The first-order chi connectivity index (χ1) is 10.2. The van der Waals surface area contributed by atoms with Crippen molar-refractivity contribution in [2.75, 3.05) is 13.1 Å². The van der Waals surface area contributed by atoms with Gasteiger partial charge in [-0.2, -0.15) is 0 Å². The van der Waals surface area contributed by atoms with E-state index in [1.54, 1.807) is 0 Å². The first-order valence-corrected chi connectivity index (χ1v) is 6.26. The zero-order chi connectivity index (χ0) is 16.9. The minimum atomic E-state index is -1.25. The standard InChI is InChI=1S/C12H15N3O7/c1-7(12(18)19)14(6-5-13-8(2)16)11(17)9-3-4-10(22-9)15(20)21/h3-4,7H,5-6H2,1-2H3,(H,13,16)(H,18,19). The summed E-state index contributed by atoms with van der Waals surface area (Å²) < 4.78 is 4.77. The largest absolute Gasteiger partial charge is 0.480 e. The lowest BCUT2D eigenvalue weighted by Gasteiger charge is -2.25. The highest BCUT2D eigenvalue weighted by Crippen LogP contribution is 2.18. The summed E-state index contributed by atoms with van der Waals surface area (Å²) in [7, 11) is 0. The van der Waals surface area contributed by atoms with Crippen molar-refractivity contribution in [3.05, 3.63) is 28.0 Å². The predicted octanol–water partition coefficient (Wildman–Crippen LogP) is 0.239. The SMILES string of the molecule is CC(=O)NCCN(C(=O)c1ccc([N+](=O)[O-])o1)C(C)C(=O)O. The van der Waals surface area contributed by atoms with Crippen LogP contribution in [0.5, 0.6) is 0 Å². The van der Waals surface area contributed by atoms with Gasteiger partial charge >= 0.3 is 11.9 Å². The number of aliphatic carboxylic acids is 1. The van der Waals surface area contributed by atoms with E-state index in [2.05, 4.69) is 5.32 Å². The Kier molecular flexibility index (Phi) is 5.61. The van der Waals surface area contributed by atoms with Crippen molar-refractivity contribution in [3.8, 4) is 0 Å². The molecule has 10 heteroatoms. The van der Waals surface area contributed by atoms with Crippen LogP contribution in [0.15, 0.2) is 16.5 Å². The summed E-state index contributed by atoms with van der Waals surface area (Å²) in [5, 5.41) is 22.0. The van der Waals surface area contributed by atoms with Crippen LogP contribution in [0, 0.1) is 10.1 Å². The van der Waals surface area contributed by atoms with Crippen LogP contribution in [0.2, 0.25) is 0 Å². The Balaban J connectivity index is 2.92. The number of nitrogens with zero attached hydrogens (tertiary/aromatic N) is 2. The van der Waals surface area contributed by atoms with E-state index in [9.17, 15) is 24.5 Å². The first kappa shape index (κ1) is 17.1. The number of carboxylic acids is 1. The average molecular weight is 313 g/mol. The van der Waals surface area contributed by atoms with Crippen molar-refractivity contribution >= 4 is 23.7 Å². The first-order valence-electron chi connectivity index (χ1n) is 6.26. The molecule has 1 heterocycles. The topological polar surface area (TPSA) is 143 Å². The Hall–Kier alpha value is -2.91. The van der Waals surface area contributed by atoms with Gasteiger partial charge in [0.2, 0.25) is 5.91 Å². The van der Waals surface area contributed by atoms with E-state index in [1.165, 1.54) is 13.8 Å². The molecule has 120 valence electrons. The lowest BCUT2D eigenvalue weighted by Crippen LogP contribution is -2.46. The molecule has 1 aromatic rings.